The molecule has 0 aromatic heterocycles. The molecule has 90 heavy (non-hydrogen) atoms. The summed E-state index contributed by atoms with van der Waals surface area (Å²) >= 11 is 0. The number of carbonyl (C=O) groups excluding carboxylic acids is 7. The number of nitrogens with zero attached hydrogens (tertiary/aromatic N) is 1. The van der Waals surface area contributed by atoms with Crippen LogP contribution in [-0.4, -0.2) is 148 Å². The normalized spacial score (nSPS) is 31.8. The smallest absolute Gasteiger partial charge is 0.410 e. The molecule has 9 atom stereocenters. The Morgan fingerprint density at radius 3 is 1.53 bits per heavy atom. The minimum Gasteiger partial charge on any atom is -0.462 e. The van der Waals surface area contributed by atoms with Gasteiger partial charge in [0.1, 0.15) is 30.5 Å². The molecule has 21 heteroatoms. The average molecular weight is 1280 g/mol. The molecule has 6 bridgehead atoms. The summed E-state index contributed by atoms with van der Waals surface area (Å²) in [6, 6.07) is 0. The highest BCUT2D eigenvalue weighted by Crippen LogP contribution is 2.57. The summed E-state index contributed by atoms with van der Waals surface area (Å²) in [5, 5.41) is 20.0. The zero-order valence-corrected chi connectivity index (χ0v) is 57.7. The van der Waals surface area contributed by atoms with E-state index in [1.54, 1.807) is 31.7 Å². The summed E-state index contributed by atoms with van der Waals surface area (Å²) in [5.41, 5.74) is -5.25. The first kappa shape index (κ1) is 76.2. The Bertz CT molecular complexity index is 2500. The first-order valence-electron chi connectivity index (χ1n) is 33.5. The highest BCUT2D eigenvalue weighted by Gasteiger charge is 2.71. The van der Waals surface area contributed by atoms with Crippen molar-refractivity contribution < 1.29 is 95.2 Å². The summed E-state index contributed by atoms with van der Waals surface area (Å²) in [7, 11) is 0. The van der Waals surface area contributed by atoms with Crippen LogP contribution in [0.5, 0.6) is 0 Å². The first-order valence-corrected chi connectivity index (χ1v) is 33.5. The zero-order valence-electron chi connectivity index (χ0n) is 57.7. The molecule has 0 aromatic rings. The van der Waals surface area contributed by atoms with Gasteiger partial charge in [0.05, 0.1) is 51.3 Å². The van der Waals surface area contributed by atoms with Crippen LogP contribution in [0, 0.1) is 50.7 Å². The van der Waals surface area contributed by atoms with Crippen molar-refractivity contribution in [3.8, 4) is 0 Å². The van der Waals surface area contributed by atoms with E-state index in [0.29, 0.717) is 62.9 Å². The fourth-order valence-corrected chi connectivity index (χ4v) is 12.8. The molecule has 10 aliphatic rings. The molecule has 10 rings (SSSR count). The third-order valence-corrected chi connectivity index (χ3v) is 21.6. The highest BCUT2D eigenvalue weighted by molar-refractivity contribution is 5.80. The second-order valence-corrected chi connectivity index (χ2v) is 30.6. The van der Waals surface area contributed by atoms with Gasteiger partial charge in [0.15, 0.2) is 12.2 Å². The Hall–Kier alpha value is -4.47. The van der Waals surface area contributed by atoms with Crippen LogP contribution in [0.1, 0.15) is 240 Å². The van der Waals surface area contributed by atoms with Crippen LogP contribution in [0.3, 0.4) is 0 Å². The first-order chi connectivity index (χ1) is 41.5. The number of halogens is 2. The molecule has 9 unspecified atom stereocenters. The third-order valence-electron chi connectivity index (χ3n) is 21.6. The molecule has 5 heterocycles. The van der Waals surface area contributed by atoms with Gasteiger partial charge in [-0.3, -0.25) is 28.8 Å². The van der Waals surface area contributed by atoms with Crippen molar-refractivity contribution in [2.75, 3.05) is 26.3 Å². The summed E-state index contributed by atoms with van der Waals surface area (Å²) in [6.45, 7) is 36.6. The Morgan fingerprint density at radius 2 is 1.10 bits per heavy atom. The Labute approximate surface area is 535 Å². The minimum atomic E-state index is -3.67. The Balaban J connectivity index is 0.000000205. The lowest BCUT2D eigenvalue weighted by Crippen LogP contribution is -2.58. The van der Waals surface area contributed by atoms with Crippen molar-refractivity contribution >= 4 is 41.9 Å². The number of likely N-dealkylation sites (tertiary alicyclic amines) is 1. The van der Waals surface area contributed by atoms with E-state index in [1.807, 2.05) is 83.1 Å². The molecular weight excluding hydrogens is 1170 g/mol. The van der Waals surface area contributed by atoms with Gasteiger partial charge >= 0.3 is 47.8 Å². The molecule has 0 aromatic carbocycles. The number of esters is 6. The van der Waals surface area contributed by atoms with E-state index in [9.17, 15) is 52.6 Å². The molecule has 5 aliphatic heterocycles. The Kier molecular flexibility index (Phi) is 24.9. The topological polar surface area (TPSA) is 246 Å². The maximum Gasteiger partial charge on any atom is 0.410 e. The van der Waals surface area contributed by atoms with Crippen LogP contribution < -0.4 is 0 Å². The number of aliphatic hydroxyl groups is 2. The number of fused-ring (bicyclic) bond motifs is 1. The summed E-state index contributed by atoms with van der Waals surface area (Å²) in [6.07, 6.45) is 15.9. The van der Waals surface area contributed by atoms with E-state index in [0.717, 1.165) is 84.5 Å². The average Bonchev–Trinajstić information content (AvgIpc) is 1.36. The van der Waals surface area contributed by atoms with Gasteiger partial charge in [-0.15, -0.1) is 0 Å². The van der Waals surface area contributed by atoms with Gasteiger partial charge in [0.25, 0.3) is 0 Å². The molecule has 0 radical (unpaired) electrons. The molecule has 1 amide bonds. The van der Waals surface area contributed by atoms with Gasteiger partial charge in [0, 0.05) is 25.9 Å². The predicted molar refractivity (Wildman–Crippen MR) is 331 cm³/mol. The number of hydrogen-bond acceptors (Lipinski definition) is 18. The van der Waals surface area contributed by atoms with E-state index >= 15 is 0 Å². The zero-order chi connectivity index (χ0) is 68.0. The van der Waals surface area contributed by atoms with Crippen molar-refractivity contribution in [1.29, 1.82) is 0 Å². The maximum atomic E-state index is 14.0. The fourth-order valence-electron chi connectivity index (χ4n) is 12.8. The summed E-state index contributed by atoms with van der Waals surface area (Å²) < 4.78 is 76.1. The number of ether oxygens (including phenoxy) is 9. The van der Waals surface area contributed by atoms with Crippen LogP contribution in [-0.2, 0) is 71.4 Å². The molecule has 5 saturated carbocycles. The van der Waals surface area contributed by atoms with Crippen molar-refractivity contribution in [2.45, 2.75) is 305 Å². The quantitative estimate of drug-likeness (QED) is 0.0735. The number of amides is 1. The van der Waals surface area contributed by atoms with Crippen LogP contribution in [0.25, 0.3) is 0 Å². The number of rotatable bonds is 18. The molecule has 5 aliphatic carbocycles. The van der Waals surface area contributed by atoms with Crippen LogP contribution in [0.15, 0.2) is 12.7 Å². The molecular formula is C69H113F2NO18. The van der Waals surface area contributed by atoms with Gasteiger partial charge in [-0.25, -0.2) is 4.79 Å². The lowest BCUT2D eigenvalue weighted by molar-refractivity contribution is -0.284. The number of hydrogen-bond donors (Lipinski definition) is 2. The van der Waals surface area contributed by atoms with Crippen LogP contribution >= 0.6 is 0 Å². The second kappa shape index (κ2) is 29.4. The molecule has 5 saturated heterocycles. The SMILES string of the molecule is C=CCOC(=O)N1CCC(OC(=O)C(C)(C)CC)CC1.CCC(C)(C)C(=O)OC1(C)COC(C)(O)C1(F)F.CCC(C)(C)C(=O)OC1C2CC3C(=O)OC1C3O2.CCC(C)(C)C(=O)OC1C2CC3CC1CC(O)(C3)C2.CCC1(OC(=O)C(C)(C)CC)CCCC1. The van der Waals surface area contributed by atoms with Crippen molar-refractivity contribution in [1.82, 2.24) is 4.90 Å². The van der Waals surface area contributed by atoms with E-state index in [-0.39, 0.29) is 89.3 Å². The predicted octanol–water partition coefficient (Wildman–Crippen LogP) is 12.5. The van der Waals surface area contributed by atoms with E-state index in [2.05, 4.69) is 18.2 Å². The number of piperidine rings is 1. The van der Waals surface area contributed by atoms with Gasteiger partial charge in [-0.1, -0.05) is 54.2 Å². The van der Waals surface area contributed by atoms with Crippen LogP contribution in [0.4, 0.5) is 13.6 Å². The summed E-state index contributed by atoms with van der Waals surface area (Å²) in [5.74, 6) is -6.40. The molecule has 10 fully saturated rings. The van der Waals surface area contributed by atoms with Crippen molar-refractivity contribution in [3.63, 3.8) is 0 Å². The lowest BCUT2D eigenvalue weighted by atomic mass is 9.53. The molecule has 516 valence electrons. The van der Waals surface area contributed by atoms with E-state index in [1.165, 1.54) is 12.8 Å². The largest absolute Gasteiger partial charge is 0.462 e. The number of carbonyl (C=O) groups is 7. The number of alkyl halides is 2. The van der Waals surface area contributed by atoms with Crippen molar-refractivity contribution in [3.05, 3.63) is 12.7 Å². The van der Waals surface area contributed by atoms with Gasteiger partial charge < -0.3 is 57.7 Å². The lowest BCUT2D eigenvalue weighted by Gasteiger charge is -2.57. The third kappa shape index (κ3) is 17.5. The molecule has 0 spiro atoms. The van der Waals surface area contributed by atoms with E-state index in [4.69, 9.17) is 37.9 Å². The minimum absolute atomic E-state index is 0.0197. The van der Waals surface area contributed by atoms with Gasteiger partial charge in [-0.2, -0.15) is 8.78 Å². The van der Waals surface area contributed by atoms with E-state index < -0.39 is 63.9 Å². The van der Waals surface area contributed by atoms with Crippen LogP contribution in [0.2, 0.25) is 0 Å². The molecule has 19 nitrogen and oxygen atoms in total. The summed E-state index contributed by atoms with van der Waals surface area (Å²) in [4.78, 5) is 85.0. The fraction of sp³-hybridized carbons (Fsp3) is 0.870. The Morgan fingerprint density at radius 1 is 0.644 bits per heavy atom. The monoisotopic (exact) mass is 1280 g/mol. The van der Waals surface area contributed by atoms with Crippen molar-refractivity contribution in [2.24, 2.45) is 50.7 Å². The van der Waals surface area contributed by atoms with Gasteiger partial charge in [-0.05, 0) is 204 Å². The highest BCUT2D eigenvalue weighted by atomic mass is 19.3. The standard InChI is InChI=1S/C16H26O3.C15H25NO4.C13H18O5.C13H24O2.C12H20F2O4/c1-4-15(2,3)14(17)19-13-11-5-10-6-12(13)9-16(18,7-10)8-11;1-5-11-19-14(18)16-9-7-12(8-10-16)20-13(17)15(3,4)6-2;1-4-13(2,3)12(15)18-9-7-5-6-8(16-7)10(9)17-11(6)14;1-5-12(3,4)11(14)15-13(6-2)9-7-8-10-13;1-6-9(2,3)8(15)18-10(4)7-17-11(5,16)12(10,13)14/h10-13,18H,4-9H2,1-3H3;5,12H,1,6-11H2,2-4H3;6-10H,4-5H2,1-3H3;5-10H2,1-4H3;16H,6-7H2,1-5H3. The molecule has 2 N–H and O–H groups in total. The van der Waals surface area contributed by atoms with Gasteiger partial charge in [0.2, 0.25) is 11.4 Å². The second-order valence-electron chi connectivity index (χ2n) is 30.6. The maximum absolute atomic E-state index is 14.0.